The van der Waals surface area contributed by atoms with Gasteiger partial charge in [-0.2, -0.15) is 0 Å². The first-order valence-electron chi connectivity index (χ1n) is 6.82. The van der Waals surface area contributed by atoms with Crippen LogP contribution < -0.4 is 4.74 Å². The molecular formula is C16H21NO3. The molecule has 0 radical (unpaired) electrons. The number of benzene rings is 1. The summed E-state index contributed by atoms with van der Waals surface area (Å²) in [5.41, 5.74) is 1.89. The lowest BCUT2D eigenvalue weighted by molar-refractivity contribution is -0.137. The molecule has 108 valence electrons. The Morgan fingerprint density at radius 3 is 3.05 bits per heavy atom. The van der Waals surface area contributed by atoms with Gasteiger partial charge < -0.3 is 14.4 Å². The second-order valence-electron chi connectivity index (χ2n) is 4.98. The van der Waals surface area contributed by atoms with Crippen LogP contribution in [0.2, 0.25) is 0 Å². The lowest BCUT2D eigenvalue weighted by Gasteiger charge is -2.31. The molecule has 2 rings (SSSR count). The van der Waals surface area contributed by atoms with Gasteiger partial charge in [-0.3, -0.25) is 4.79 Å². The summed E-state index contributed by atoms with van der Waals surface area (Å²) in [6, 6.07) is 5.75. The molecule has 1 atom stereocenters. The first kappa shape index (κ1) is 14.6. The van der Waals surface area contributed by atoms with Crippen molar-refractivity contribution in [3.8, 4) is 5.75 Å². The van der Waals surface area contributed by atoms with Crippen LogP contribution >= 0.6 is 0 Å². The second kappa shape index (κ2) is 6.57. The van der Waals surface area contributed by atoms with Crippen molar-refractivity contribution in [3.63, 3.8) is 0 Å². The lowest BCUT2D eigenvalue weighted by atomic mass is 10.1. The number of morpholine rings is 1. The van der Waals surface area contributed by atoms with Gasteiger partial charge in [-0.05, 0) is 24.6 Å². The van der Waals surface area contributed by atoms with Crippen LogP contribution in [0, 0.1) is 0 Å². The van der Waals surface area contributed by atoms with Gasteiger partial charge in [0.2, 0.25) is 5.91 Å². The van der Waals surface area contributed by atoms with Crippen molar-refractivity contribution >= 4 is 12.0 Å². The van der Waals surface area contributed by atoms with Gasteiger partial charge in [-0.15, -0.1) is 0 Å². The third kappa shape index (κ3) is 3.39. The predicted molar refractivity (Wildman–Crippen MR) is 78.8 cm³/mol. The average molecular weight is 275 g/mol. The van der Waals surface area contributed by atoms with E-state index < -0.39 is 0 Å². The number of amides is 1. The van der Waals surface area contributed by atoms with Gasteiger partial charge in [0.15, 0.2) is 0 Å². The van der Waals surface area contributed by atoms with Crippen LogP contribution in [-0.2, 0) is 16.0 Å². The molecule has 0 saturated carbocycles. The summed E-state index contributed by atoms with van der Waals surface area (Å²) < 4.78 is 10.7. The number of methoxy groups -OCH3 is 1. The number of carbonyl (C=O) groups excluding carboxylic acids is 1. The van der Waals surface area contributed by atoms with E-state index in [1.54, 1.807) is 13.2 Å². The van der Waals surface area contributed by atoms with Crippen molar-refractivity contribution in [1.82, 2.24) is 4.90 Å². The second-order valence-corrected chi connectivity index (χ2v) is 4.98. The fourth-order valence-corrected chi connectivity index (χ4v) is 2.38. The summed E-state index contributed by atoms with van der Waals surface area (Å²) in [6.07, 6.45) is 2.26. The molecule has 0 aliphatic carbocycles. The molecule has 0 bridgehead atoms. The highest BCUT2D eigenvalue weighted by atomic mass is 16.5. The van der Waals surface area contributed by atoms with Gasteiger partial charge in [0.1, 0.15) is 5.75 Å². The van der Waals surface area contributed by atoms with Crippen molar-refractivity contribution < 1.29 is 14.3 Å². The Balaban J connectivity index is 2.05. The molecular weight excluding hydrogens is 254 g/mol. The van der Waals surface area contributed by atoms with Crippen molar-refractivity contribution in [3.05, 3.63) is 35.9 Å². The van der Waals surface area contributed by atoms with E-state index in [9.17, 15) is 4.79 Å². The Morgan fingerprint density at radius 1 is 1.60 bits per heavy atom. The molecule has 0 N–H and O–H groups in total. The monoisotopic (exact) mass is 275 g/mol. The van der Waals surface area contributed by atoms with E-state index in [4.69, 9.17) is 9.47 Å². The fourth-order valence-electron chi connectivity index (χ4n) is 2.38. The van der Waals surface area contributed by atoms with Gasteiger partial charge in [0, 0.05) is 18.7 Å². The summed E-state index contributed by atoms with van der Waals surface area (Å²) in [5.74, 6) is 0.913. The summed E-state index contributed by atoms with van der Waals surface area (Å²) >= 11 is 0. The molecule has 1 saturated heterocycles. The van der Waals surface area contributed by atoms with E-state index in [1.807, 2.05) is 30.0 Å². The average Bonchev–Trinajstić information content (AvgIpc) is 2.47. The number of hydrogen-bond acceptors (Lipinski definition) is 3. The zero-order valence-corrected chi connectivity index (χ0v) is 12.1. The molecule has 0 aromatic heterocycles. The SMILES string of the molecule is C=Cc1cc(CC(=O)N2CCOC(C)C2)ccc1OC. The Labute approximate surface area is 120 Å². The number of rotatable bonds is 4. The lowest BCUT2D eigenvalue weighted by Crippen LogP contribution is -2.45. The fraction of sp³-hybridized carbons (Fsp3) is 0.438. The van der Waals surface area contributed by atoms with E-state index in [0.29, 0.717) is 26.1 Å². The molecule has 1 aromatic carbocycles. The molecule has 20 heavy (non-hydrogen) atoms. The number of carbonyl (C=O) groups is 1. The topological polar surface area (TPSA) is 38.8 Å². The van der Waals surface area contributed by atoms with Crippen LogP contribution in [0.4, 0.5) is 0 Å². The summed E-state index contributed by atoms with van der Waals surface area (Å²) in [6.45, 7) is 7.72. The van der Waals surface area contributed by atoms with Crippen LogP contribution in [0.15, 0.2) is 24.8 Å². The van der Waals surface area contributed by atoms with Gasteiger partial charge in [0.05, 0.1) is 26.2 Å². The molecule has 4 nitrogen and oxygen atoms in total. The molecule has 4 heteroatoms. The highest BCUT2D eigenvalue weighted by molar-refractivity contribution is 5.79. The van der Waals surface area contributed by atoms with E-state index in [1.165, 1.54) is 0 Å². The minimum Gasteiger partial charge on any atom is -0.496 e. The Kier molecular flexibility index (Phi) is 4.79. The Hall–Kier alpha value is -1.81. The third-order valence-electron chi connectivity index (χ3n) is 3.46. The predicted octanol–water partition coefficient (Wildman–Crippen LogP) is 2.13. The molecule has 1 unspecified atom stereocenters. The minimum atomic E-state index is 0.118. The van der Waals surface area contributed by atoms with Crippen LogP contribution in [0.3, 0.4) is 0 Å². The van der Waals surface area contributed by atoms with Crippen LogP contribution in [0.1, 0.15) is 18.1 Å². The normalized spacial score (nSPS) is 18.7. The standard InChI is InChI=1S/C16H21NO3/c1-4-14-9-13(5-6-15(14)19-3)10-16(18)17-7-8-20-12(2)11-17/h4-6,9,12H,1,7-8,10-11H2,2-3H3. The van der Waals surface area contributed by atoms with Crippen molar-refractivity contribution in [2.45, 2.75) is 19.4 Å². The van der Waals surface area contributed by atoms with Crippen LogP contribution in [-0.4, -0.2) is 43.7 Å². The highest BCUT2D eigenvalue weighted by Gasteiger charge is 2.21. The molecule has 1 amide bonds. The highest BCUT2D eigenvalue weighted by Crippen LogP contribution is 2.21. The van der Waals surface area contributed by atoms with Crippen LogP contribution in [0.25, 0.3) is 6.08 Å². The molecule has 1 aliphatic rings. The Morgan fingerprint density at radius 2 is 2.40 bits per heavy atom. The molecule has 0 spiro atoms. The number of ether oxygens (including phenoxy) is 2. The largest absolute Gasteiger partial charge is 0.496 e. The van der Waals surface area contributed by atoms with Crippen molar-refractivity contribution in [1.29, 1.82) is 0 Å². The summed E-state index contributed by atoms with van der Waals surface area (Å²) in [5, 5.41) is 0. The first-order valence-corrected chi connectivity index (χ1v) is 6.82. The maximum Gasteiger partial charge on any atom is 0.227 e. The van der Waals surface area contributed by atoms with Gasteiger partial charge in [-0.1, -0.05) is 18.7 Å². The zero-order valence-electron chi connectivity index (χ0n) is 12.1. The first-order chi connectivity index (χ1) is 9.63. The van der Waals surface area contributed by atoms with E-state index in [-0.39, 0.29) is 12.0 Å². The summed E-state index contributed by atoms with van der Waals surface area (Å²) in [4.78, 5) is 14.1. The molecule has 1 aliphatic heterocycles. The van der Waals surface area contributed by atoms with Crippen LogP contribution in [0.5, 0.6) is 5.75 Å². The Bertz CT molecular complexity index is 498. The number of hydrogen-bond donors (Lipinski definition) is 0. The van der Waals surface area contributed by atoms with Gasteiger partial charge >= 0.3 is 0 Å². The van der Waals surface area contributed by atoms with E-state index >= 15 is 0 Å². The van der Waals surface area contributed by atoms with E-state index in [2.05, 4.69) is 6.58 Å². The van der Waals surface area contributed by atoms with Gasteiger partial charge in [-0.25, -0.2) is 0 Å². The molecule has 1 aromatic rings. The van der Waals surface area contributed by atoms with Gasteiger partial charge in [0.25, 0.3) is 0 Å². The maximum atomic E-state index is 12.3. The quantitative estimate of drug-likeness (QED) is 0.845. The minimum absolute atomic E-state index is 0.118. The number of nitrogens with zero attached hydrogens (tertiary/aromatic N) is 1. The summed E-state index contributed by atoms with van der Waals surface area (Å²) in [7, 11) is 1.63. The third-order valence-corrected chi connectivity index (χ3v) is 3.46. The van der Waals surface area contributed by atoms with E-state index in [0.717, 1.165) is 16.9 Å². The molecule has 1 heterocycles. The van der Waals surface area contributed by atoms with Crippen molar-refractivity contribution in [2.75, 3.05) is 26.8 Å². The van der Waals surface area contributed by atoms with Crippen molar-refractivity contribution in [2.24, 2.45) is 0 Å². The zero-order chi connectivity index (χ0) is 14.5. The smallest absolute Gasteiger partial charge is 0.227 e. The maximum absolute atomic E-state index is 12.3. The molecule has 1 fully saturated rings.